The molecule has 114 valence electrons. The summed E-state index contributed by atoms with van der Waals surface area (Å²) in [6.45, 7) is 2.31. The van der Waals surface area contributed by atoms with Gasteiger partial charge in [-0.2, -0.15) is 0 Å². The number of methoxy groups -OCH3 is 1. The van der Waals surface area contributed by atoms with Gasteiger partial charge in [-0.1, -0.05) is 6.92 Å². The minimum Gasteiger partial charge on any atom is -0.375 e. The topological polar surface area (TPSA) is 84.5 Å². The predicted octanol–water partition coefficient (Wildman–Crippen LogP) is 1.79. The summed E-state index contributed by atoms with van der Waals surface area (Å²) in [6, 6.07) is 4.26. The van der Waals surface area contributed by atoms with Crippen LogP contribution in [0.25, 0.3) is 0 Å². The number of rotatable bonds is 7. The van der Waals surface area contributed by atoms with Crippen LogP contribution in [0.1, 0.15) is 34.1 Å². The zero-order valence-corrected chi connectivity index (χ0v) is 12.6. The lowest BCUT2D eigenvalue weighted by Crippen LogP contribution is -2.24. The maximum atomic E-state index is 11.9. The van der Waals surface area contributed by atoms with Crippen molar-refractivity contribution in [3.05, 3.63) is 29.3 Å². The fourth-order valence-electron chi connectivity index (χ4n) is 1.61. The molecule has 7 heteroatoms. The summed E-state index contributed by atoms with van der Waals surface area (Å²) < 4.78 is 4.70. The molecule has 1 rings (SSSR count). The smallest absolute Gasteiger partial charge is 0.252 e. The van der Waals surface area contributed by atoms with Crippen LogP contribution < -0.4 is 10.6 Å². The molecule has 21 heavy (non-hydrogen) atoms. The van der Waals surface area contributed by atoms with Crippen molar-refractivity contribution in [2.45, 2.75) is 13.3 Å². The van der Waals surface area contributed by atoms with Crippen LogP contribution in [0.5, 0.6) is 0 Å². The van der Waals surface area contributed by atoms with Gasteiger partial charge in [0.05, 0.1) is 0 Å². The Bertz CT molecular complexity index is 546. The van der Waals surface area contributed by atoms with E-state index in [0.29, 0.717) is 12.2 Å². The van der Waals surface area contributed by atoms with E-state index in [1.165, 1.54) is 25.3 Å². The van der Waals surface area contributed by atoms with Crippen LogP contribution in [0.3, 0.4) is 0 Å². The highest BCUT2D eigenvalue weighted by atomic mass is 35.5. The molecule has 0 fully saturated rings. The molecule has 0 saturated heterocycles. The predicted molar refractivity (Wildman–Crippen MR) is 79.8 cm³/mol. The fraction of sp³-hybridized carbons (Fsp3) is 0.357. The molecule has 0 aromatic heterocycles. The van der Waals surface area contributed by atoms with Gasteiger partial charge in [-0.05, 0) is 36.2 Å². The molecule has 0 saturated carbocycles. The Hall–Kier alpha value is -1.92. The normalized spacial score (nSPS) is 10.0. The van der Waals surface area contributed by atoms with Crippen molar-refractivity contribution in [1.29, 1.82) is 0 Å². The molecular weight excluding hydrogens is 296 g/mol. The van der Waals surface area contributed by atoms with Gasteiger partial charge in [-0.3, -0.25) is 14.4 Å². The van der Waals surface area contributed by atoms with Crippen LogP contribution in [-0.4, -0.2) is 37.3 Å². The molecule has 0 bridgehead atoms. The first-order valence-electron chi connectivity index (χ1n) is 6.39. The van der Waals surface area contributed by atoms with E-state index >= 15 is 0 Å². The summed E-state index contributed by atoms with van der Waals surface area (Å²) in [6.07, 6.45) is 0.789. The van der Waals surface area contributed by atoms with Crippen LogP contribution in [-0.2, 0) is 9.53 Å². The largest absolute Gasteiger partial charge is 0.375 e. The minimum atomic E-state index is -0.706. The van der Waals surface area contributed by atoms with Crippen LogP contribution in [0.15, 0.2) is 18.2 Å². The molecule has 2 amide bonds. The van der Waals surface area contributed by atoms with Gasteiger partial charge in [-0.15, -0.1) is 0 Å². The lowest BCUT2D eigenvalue weighted by molar-refractivity contribution is -0.119. The summed E-state index contributed by atoms with van der Waals surface area (Å²) in [5, 5.41) is 4.52. The van der Waals surface area contributed by atoms with E-state index < -0.39 is 11.1 Å². The van der Waals surface area contributed by atoms with Gasteiger partial charge in [0.2, 0.25) is 5.91 Å². The van der Waals surface area contributed by atoms with E-state index in [2.05, 4.69) is 10.6 Å². The van der Waals surface area contributed by atoms with Gasteiger partial charge in [-0.25, -0.2) is 0 Å². The van der Waals surface area contributed by atoms with Crippen LogP contribution in [0.4, 0.5) is 5.69 Å². The first-order valence-corrected chi connectivity index (χ1v) is 6.77. The van der Waals surface area contributed by atoms with E-state index in [1.807, 2.05) is 6.92 Å². The first-order chi connectivity index (χ1) is 9.97. The average molecular weight is 313 g/mol. The maximum Gasteiger partial charge on any atom is 0.252 e. The zero-order valence-electron chi connectivity index (χ0n) is 11.9. The number of hydrogen-bond donors (Lipinski definition) is 2. The second-order valence-corrected chi connectivity index (χ2v) is 4.65. The Labute approximate surface area is 127 Å². The van der Waals surface area contributed by atoms with Crippen molar-refractivity contribution in [2.75, 3.05) is 25.6 Å². The Morgan fingerprint density at radius 1 is 1.19 bits per heavy atom. The number of benzene rings is 1. The summed E-state index contributed by atoms with van der Waals surface area (Å²) in [7, 11) is 1.39. The van der Waals surface area contributed by atoms with Crippen molar-refractivity contribution < 1.29 is 19.1 Å². The second kappa shape index (κ2) is 8.39. The quantitative estimate of drug-likeness (QED) is 0.752. The van der Waals surface area contributed by atoms with Crippen LogP contribution in [0.2, 0.25) is 0 Å². The first kappa shape index (κ1) is 17.1. The molecule has 0 radical (unpaired) electrons. The van der Waals surface area contributed by atoms with Crippen molar-refractivity contribution in [1.82, 2.24) is 5.32 Å². The number of carbonyl (C=O) groups excluding carboxylic acids is 3. The Balaban J connectivity index is 3.02. The summed E-state index contributed by atoms with van der Waals surface area (Å²) in [4.78, 5) is 34.7. The van der Waals surface area contributed by atoms with E-state index in [0.717, 1.165) is 6.42 Å². The molecule has 1 aromatic carbocycles. The highest BCUT2D eigenvalue weighted by Crippen LogP contribution is 2.17. The van der Waals surface area contributed by atoms with Crippen LogP contribution >= 0.6 is 11.6 Å². The molecular formula is C14H17ClN2O4. The molecule has 6 nitrogen and oxygen atoms in total. The maximum absolute atomic E-state index is 11.9. The van der Waals surface area contributed by atoms with E-state index in [-0.39, 0.29) is 23.6 Å². The zero-order chi connectivity index (χ0) is 15.8. The average Bonchev–Trinajstić information content (AvgIpc) is 2.44. The third-order valence-electron chi connectivity index (χ3n) is 2.52. The lowest BCUT2D eigenvalue weighted by atomic mass is 10.1. The van der Waals surface area contributed by atoms with Crippen LogP contribution in [0, 0.1) is 0 Å². The standard InChI is InChI=1S/C14H17ClN2O4/c1-3-4-16-14(20)10-5-9(13(15)19)6-11(7-10)17-12(18)8-21-2/h5-7H,3-4,8H2,1-2H3,(H,16,20)(H,17,18). The van der Waals surface area contributed by atoms with E-state index in [9.17, 15) is 14.4 Å². The molecule has 0 aliphatic carbocycles. The van der Waals surface area contributed by atoms with E-state index in [1.54, 1.807) is 0 Å². The molecule has 0 aliphatic heterocycles. The highest BCUT2D eigenvalue weighted by molar-refractivity contribution is 6.67. The summed E-state index contributed by atoms with van der Waals surface area (Å²) in [5.41, 5.74) is 0.696. The van der Waals surface area contributed by atoms with Gasteiger partial charge < -0.3 is 15.4 Å². The molecule has 0 aliphatic rings. The molecule has 0 heterocycles. The molecule has 0 spiro atoms. The number of anilines is 1. The van der Waals surface area contributed by atoms with Gasteiger partial charge in [0.1, 0.15) is 6.61 Å². The van der Waals surface area contributed by atoms with Gasteiger partial charge in [0, 0.05) is 30.5 Å². The van der Waals surface area contributed by atoms with E-state index in [4.69, 9.17) is 16.3 Å². The third kappa shape index (κ3) is 5.53. The van der Waals surface area contributed by atoms with Crippen molar-refractivity contribution in [3.63, 3.8) is 0 Å². The number of nitrogens with one attached hydrogen (secondary N) is 2. The number of halogens is 1. The third-order valence-corrected chi connectivity index (χ3v) is 2.74. The highest BCUT2D eigenvalue weighted by Gasteiger charge is 2.13. The van der Waals surface area contributed by atoms with Gasteiger partial charge in [0.25, 0.3) is 11.1 Å². The molecule has 1 aromatic rings. The van der Waals surface area contributed by atoms with Crippen molar-refractivity contribution >= 4 is 34.3 Å². The summed E-state index contributed by atoms with van der Waals surface area (Å²) >= 11 is 5.45. The summed E-state index contributed by atoms with van der Waals surface area (Å²) in [5.74, 6) is -0.726. The Kier molecular flexibility index (Phi) is 6.84. The van der Waals surface area contributed by atoms with Crippen molar-refractivity contribution in [3.8, 4) is 0 Å². The number of carbonyl (C=O) groups is 3. The van der Waals surface area contributed by atoms with Crippen molar-refractivity contribution in [2.24, 2.45) is 0 Å². The Morgan fingerprint density at radius 2 is 1.86 bits per heavy atom. The number of amides is 2. The van der Waals surface area contributed by atoms with Gasteiger partial charge in [0.15, 0.2) is 0 Å². The molecule has 0 atom stereocenters. The Morgan fingerprint density at radius 3 is 2.43 bits per heavy atom. The lowest BCUT2D eigenvalue weighted by Gasteiger charge is -2.09. The SMILES string of the molecule is CCCNC(=O)c1cc(NC(=O)COC)cc(C(=O)Cl)c1. The second-order valence-electron chi connectivity index (χ2n) is 4.31. The molecule has 0 unspecified atom stereocenters. The minimum absolute atomic E-state index is 0.129. The number of hydrogen-bond acceptors (Lipinski definition) is 4. The number of ether oxygens (including phenoxy) is 1. The van der Waals surface area contributed by atoms with Gasteiger partial charge >= 0.3 is 0 Å². The molecule has 2 N–H and O–H groups in total. The monoisotopic (exact) mass is 312 g/mol. The fourth-order valence-corrected chi connectivity index (χ4v) is 1.72.